The lowest BCUT2D eigenvalue weighted by Crippen LogP contribution is -2.44. The molecule has 0 aromatic heterocycles. The minimum Gasteiger partial charge on any atom is -0.450 e. The standard InChI is InChI=1S/C17H31NO2S/c1-16(2,3)18-13-9-7-8-10-14(12-11-13)20-15(19)21-17(4,5)6/h8,10,13-14,18H,7,9,11-12H2,1-6H3/b10-8+. The summed E-state index contributed by atoms with van der Waals surface area (Å²) in [6.07, 6.45) is 8.22. The van der Waals surface area contributed by atoms with Crippen molar-refractivity contribution in [3.63, 3.8) is 0 Å². The first kappa shape index (κ1) is 18.6. The van der Waals surface area contributed by atoms with E-state index in [4.69, 9.17) is 4.74 Å². The summed E-state index contributed by atoms with van der Waals surface area (Å²) in [6, 6.07) is 0.492. The summed E-state index contributed by atoms with van der Waals surface area (Å²) in [5.41, 5.74) is 0.127. The van der Waals surface area contributed by atoms with Crippen LogP contribution in [0.5, 0.6) is 0 Å². The summed E-state index contributed by atoms with van der Waals surface area (Å²) < 4.78 is 5.49. The summed E-state index contributed by atoms with van der Waals surface area (Å²) in [6.45, 7) is 12.7. The second kappa shape index (κ2) is 7.68. The van der Waals surface area contributed by atoms with Crippen molar-refractivity contribution in [3.8, 4) is 0 Å². The third kappa shape index (κ3) is 9.20. The number of allylic oxidation sites excluding steroid dienone is 1. The van der Waals surface area contributed by atoms with Crippen molar-refractivity contribution in [1.82, 2.24) is 5.32 Å². The molecule has 0 saturated heterocycles. The van der Waals surface area contributed by atoms with Crippen LogP contribution in [0, 0.1) is 0 Å². The molecule has 1 N–H and O–H groups in total. The van der Waals surface area contributed by atoms with Crippen molar-refractivity contribution >= 4 is 17.1 Å². The maximum absolute atomic E-state index is 11.9. The van der Waals surface area contributed by atoms with Gasteiger partial charge < -0.3 is 10.1 Å². The van der Waals surface area contributed by atoms with Crippen LogP contribution in [0.25, 0.3) is 0 Å². The fourth-order valence-electron chi connectivity index (χ4n) is 2.40. The van der Waals surface area contributed by atoms with Crippen LogP contribution in [0.15, 0.2) is 12.2 Å². The number of carbonyl (C=O) groups excluding carboxylic acids is 1. The molecule has 122 valence electrons. The maximum Gasteiger partial charge on any atom is 0.368 e. The van der Waals surface area contributed by atoms with Crippen molar-refractivity contribution in [2.45, 2.75) is 89.7 Å². The van der Waals surface area contributed by atoms with Gasteiger partial charge in [0.25, 0.3) is 0 Å². The zero-order valence-electron chi connectivity index (χ0n) is 14.4. The number of thioether (sulfide) groups is 1. The van der Waals surface area contributed by atoms with Crippen LogP contribution >= 0.6 is 11.8 Å². The summed E-state index contributed by atoms with van der Waals surface area (Å²) in [5, 5.41) is 3.49. The van der Waals surface area contributed by atoms with Gasteiger partial charge in [-0.2, -0.15) is 0 Å². The summed E-state index contributed by atoms with van der Waals surface area (Å²) in [7, 11) is 0. The molecule has 0 heterocycles. The van der Waals surface area contributed by atoms with Crippen LogP contribution < -0.4 is 5.32 Å². The molecule has 1 rings (SSSR count). The lowest BCUT2D eigenvalue weighted by atomic mass is 9.96. The number of rotatable bonds is 2. The molecule has 0 spiro atoms. The van der Waals surface area contributed by atoms with Gasteiger partial charge in [0, 0.05) is 16.3 Å². The summed E-state index contributed by atoms with van der Waals surface area (Å²) >= 11 is 1.26. The van der Waals surface area contributed by atoms with Gasteiger partial charge in [-0.1, -0.05) is 26.8 Å². The number of hydrogen-bond acceptors (Lipinski definition) is 4. The molecule has 0 bridgehead atoms. The highest BCUT2D eigenvalue weighted by atomic mass is 32.2. The van der Waals surface area contributed by atoms with Crippen LogP contribution in [0.3, 0.4) is 0 Å². The van der Waals surface area contributed by atoms with Gasteiger partial charge in [-0.25, -0.2) is 4.79 Å². The third-order valence-corrected chi connectivity index (χ3v) is 3.98. The molecule has 0 fully saturated rings. The second-order valence-corrected chi connectivity index (χ2v) is 9.56. The van der Waals surface area contributed by atoms with Crippen molar-refractivity contribution in [3.05, 3.63) is 12.2 Å². The smallest absolute Gasteiger partial charge is 0.368 e. The Morgan fingerprint density at radius 1 is 1.14 bits per heavy atom. The van der Waals surface area contributed by atoms with Crippen LogP contribution in [0.2, 0.25) is 0 Å². The lowest BCUT2D eigenvalue weighted by molar-refractivity contribution is 0.135. The third-order valence-electron chi connectivity index (χ3n) is 3.11. The van der Waals surface area contributed by atoms with Crippen molar-refractivity contribution in [2.75, 3.05) is 0 Å². The van der Waals surface area contributed by atoms with Gasteiger partial charge in [0.1, 0.15) is 6.10 Å². The molecule has 2 atom stereocenters. The van der Waals surface area contributed by atoms with E-state index < -0.39 is 0 Å². The van der Waals surface area contributed by atoms with E-state index in [0.29, 0.717) is 6.04 Å². The van der Waals surface area contributed by atoms with Crippen molar-refractivity contribution < 1.29 is 9.53 Å². The van der Waals surface area contributed by atoms with Crippen molar-refractivity contribution in [2.24, 2.45) is 0 Å². The van der Waals surface area contributed by atoms with Gasteiger partial charge in [0.2, 0.25) is 0 Å². The fraction of sp³-hybridized carbons (Fsp3) is 0.824. The van der Waals surface area contributed by atoms with Gasteiger partial charge in [-0.15, -0.1) is 0 Å². The first-order valence-corrected chi connectivity index (χ1v) is 8.71. The molecule has 1 aliphatic rings. The van der Waals surface area contributed by atoms with E-state index in [2.05, 4.69) is 38.2 Å². The highest BCUT2D eigenvalue weighted by molar-refractivity contribution is 8.14. The molecule has 2 unspecified atom stereocenters. The minimum absolute atomic E-state index is 0.0862. The lowest BCUT2D eigenvalue weighted by Gasteiger charge is -2.30. The molecule has 0 radical (unpaired) electrons. The Morgan fingerprint density at radius 3 is 2.38 bits per heavy atom. The maximum atomic E-state index is 11.9. The van der Waals surface area contributed by atoms with Crippen LogP contribution in [-0.2, 0) is 4.74 Å². The molecular weight excluding hydrogens is 282 g/mol. The Bertz CT molecular complexity index is 366. The Balaban J connectivity index is 2.50. The SMILES string of the molecule is CC(C)(C)NC1CC/C=C/C(OC(=O)SC(C)(C)C)CC1. The van der Waals surface area contributed by atoms with E-state index in [-0.39, 0.29) is 21.7 Å². The Morgan fingerprint density at radius 2 is 1.81 bits per heavy atom. The van der Waals surface area contributed by atoms with E-state index in [9.17, 15) is 4.79 Å². The normalized spacial score (nSPS) is 25.8. The molecule has 0 aromatic rings. The Kier molecular flexibility index (Phi) is 6.79. The van der Waals surface area contributed by atoms with Crippen LogP contribution in [0.1, 0.15) is 67.2 Å². The number of hydrogen-bond donors (Lipinski definition) is 1. The van der Waals surface area contributed by atoms with Gasteiger partial charge in [0.05, 0.1) is 0 Å². The topological polar surface area (TPSA) is 38.3 Å². The van der Waals surface area contributed by atoms with E-state index >= 15 is 0 Å². The molecule has 21 heavy (non-hydrogen) atoms. The van der Waals surface area contributed by atoms with E-state index in [1.165, 1.54) is 11.8 Å². The largest absolute Gasteiger partial charge is 0.450 e. The average Bonchev–Trinajstić information content (AvgIpc) is 2.22. The van der Waals surface area contributed by atoms with Gasteiger partial charge in [-0.05, 0) is 64.3 Å². The average molecular weight is 314 g/mol. The molecular formula is C17H31NO2S. The monoisotopic (exact) mass is 313 g/mol. The first-order chi connectivity index (χ1) is 9.55. The highest BCUT2D eigenvalue weighted by Crippen LogP contribution is 2.27. The predicted octanol–water partition coefficient (Wildman–Crippen LogP) is 4.91. The van der Waals surface area contributed by atoms with E-state index in [0.717, 1.165) is 25.7 Å². The van der Waals surface area contributed by atoms with Gasteiger partial charge >= 0.3 is 5.30 Å². The molecule has 0 aromatic carbocycles. The molecule has 4 heteroatoms. The Hall–Kier alpha value is -0.480. The summed E-state index contributed by atoms with van der Waals surface area (Å²) in [4.78, 5) is 11.9. The fourth-order valence-corrected chi connectivity index (χ4v) is 3.08. The number of ether oxygens (including phenoxy) is 1. The zero-order valence-corrected chi connectivity index (χ0v) is 15.2. The van der Waals surface area contributed by atoms with Crippen LogP contribution in [-0.4, -0.2) is 27.7 Å². The predicted molar refractivity (Wildman–Crippen MR) is 91.9 cm³/mol. The molecule has 0 aliphatic heterocycles. The highest BCUT2D eigenvalue weighted by Gasteiger charge is 2.23. The van der Waals surface area contributed by atoms with Crippen LogP contribution in [0.4, 0.5) is 4.79 Å². The minimum atomic E-state index is -0.168. The molecule has 0 amide bonds. The number of nitrogens with one attached hydrogen (secondary N) is 1. The van der Waals surface area contributed by atoms with Crippen molar-refractivity contribution in [1.29, 1.82) is 0 Å². The molecule has 1 aliphatic carbocycles. The summed E-state index contributed by atoms with van der Waals surface area (Å²) in [5.74, 6) is 0. The van der Waals surface area contributed by atoms with E-state index in [1.807, 2.05) is 20.8 Å². The number of carbonyl (C=O) groups is 1. The quantitative estimate of drug-likeness (QED) is 0.580. The second-order valence-electron chi connectivity index (χ2n) is 7.79. The van der Waals surface area contributed by atoms with Gasteiger partial charge in [-0.3, -0.25) is 0 Å². The molecule has 0 saturated carbocycles. The van der Waals surface area contributed by atoms with Gasteiger partial charge in [0.15, 0.2) is 0 Å². The van der Waals surface area contributed by atoms with E-state index in [1.54, 1.807) is 0 Å². The Labute approximate surface area is 134 Å². The molecule has 3 nitrogen and oxygen atoms in total. The first-order valence-electron chi connectivity index (χ1n) is 7.89. The zero-order chi connectivity index (χ0) is 16.1.